The van der Waals surface area contributed by atoms with Crippen molar-refractivity contribution in [3.63, 3.8) is 0 Å². The molecule has 0 bridgehead atoms. The molecular formula is C20H23N3O2. The molecule has 0 saturated heterocycles. The van der Waals surface area contributed by atoms with E-state index in [4.69, 9.17) is 4.74 Å². The second-order valence-electron chi connectivity index (χ2n) is 6.40. The summed E-state index contributed by atoms with van der Waals surface area (Å²) in [5.74, 6) is 1.69. The number of aromatic amines is 1. The number of imidazole rings is 1. The molecule has 0 fully saturated rings. The average Bonchev–Trinajstić information content (AvgIpc) is 3.02. The molecule has 0 radical (unpaired) electrons. The summed E-state index contributed by atoms with van der Waals surface area (Å²) >= 11 is 0. The van der Waals surface area contributed by atoms with E-state index in [2.05, 4.69) is 29.0 Å². The van der Waals surface area contributed by atoms with E-state index < -0.39 is 0 Å². The molecule has 0 aliphatic carbocycles. The summed E-state index contributed by atoms with van der Waals surface area (Å²) in [6.45, 7) is 3.28. The van der Waals surface area contributed by atoms with Gasteiger partial charge in [-0.3, -0.25) is 4.79 Å². The zero-order chi connectivity index (χ0) is 17.8. The smallest absolute Gasteiger partial charge is 0.159 e. The molecule has 0 aliphatic rings. The highest BCUT2D eigenvalue weighted by Crippen LogP contribution is 2.23. The lowest BCUT2D eigenvalue weighted by Crippen LogP contribution is -2.15. The molecule has 0 amide bonds. The van der Waals surface area contributed by atoms with Crippen LogP contribution in [0.5, 0.6) is 5.75 Å². The number of H-pyrrole nitrogens is 1. The van der Waals surface area contributed by atoms with Crippen molar-refractivity contribution < 1.29 is 9.53 Å². The van der Waals surface area contributed by atoms with Crippen LogP contribution in [0.1, 0.15) is 23.7 Å². The second kappa shape index (κ2) is 7.49. The molecule has 3 aromatic rings. The Morgan fingerprint density at radius 3 is 2.60 bits per heavy atom. The van der Waals surface area contributed by atoms with E-state index in [0.717, 1.165) is 41.1 Å². The van der Waals surface area contributed by atoms with E-state index in [0.29, 0.717) is 12.2 Å². The first-order chi connectivity index (χ1) is 12.0. The number of Topliss-reactive ketones (excluding diaryl/α,β-unsaturated/α-hetero) is 1. The number of fused-ring (bicyclic) bond motifs is 1. The Morgan fingerprint density at radius 1 is 1.16 bits per heavy atom. The molecule has 0 aliphatic heterocycles. The fourth-order valence-corrected chi connectivity index (χ4v) is 2.64. The number of ketones is 1. The van der Waals surface area contributed by atoms with Gasteiger partial charge in [-0.1, -0.05) is 0 Å². The van der Waals surface area contributed by atoms with Gasteiger partial charge in [0.1, 0.15) is 11.6 Å². The van der Waals surface area contributed by atoms with Gasteiger partial charge >= 0.3 is 0 Å². The summed E-state index contributed by atoms with van der Waals surface area (Å²) in [6.07, 6.45) is 0.997. The van der Waals surface area contributed by atoms with Gasteiger partial charge in [-0.05, 0) is 69.9 Å². The lowest BCUT2D eigenvalue weighted by molar-refractivity contribution is 0.101. The Bertz CT molecular complexity index is 866. The summed E-state index contributed by atoms with van der Waals surface area (Å²) in [4.78, 5) is 21.5. The Balaban J connectivity index is 1.71. The van der Waals surface area contributed by atoms with Crippen LogP contribution >= 0.6 is 0 Å². The molecular weight excluding hydrogens is 314 g/mol. The maximum Gasteiger partial charge on any atom is 0.159 e. The number of carbonyl (C=O) groups excluding carboxylic acids is 1. The predicted molar refractivity (Wildman–Crippen MR) is 100 cm³/mol. The lowest BCUT2D eigenvalue weighted by Gasteiger charge is -2.10. The van der Waals surface area contributed by atoms with Gasteiger partial charge in [0.15, 0.2) is 5.78 Å². The first kappa shape index (κ1) is 17.2. The molecule has 0 spiro atoms. The van der Waals surface area contributed by atoms with Crippen LogP contribution in [0.15, 0.2) is 42.5 Å². The van der Waals surface area contributed by atoms with Gasteiger partial charge in [-0.25, -0.2) is 4.98 Å². The van der Waals surface area contributed by atoms with Gasteiger partial charge in [0, 0.05) is 17.7 Å². The van der Waals surface area contributed by atoms with Gasteiger partial charge in [0.05, 0.1) is 17.6 Å². The Labute approximate surface area is 147 Å². The topological polar surface area (TPSA) is 58.2 Å². The minimum absolute atomic E-state index is 0.0437. The monoisotopic (exact) mass is 337 g/mol. The molecule has 5 nitrogen and oxygen atoms in total. The summed E-state index contributed by atoms with van der Waals surface area (Å²) in [5, 5.41) is 0. The fraction of sp³-hybridized carbons (Fsp3) is 0.300. The number of aromatic nitrogens is 2. The molecule has 1 heterocycles. The standard InChI is InChI=1S/C20H23N3O2/c1-14(24)16-7-10-18-19(13-16)22-20(21-18)15-5-8-17(9-6-15)25-12-4-11-23(2)3/h5-10,13H,4,11-12H2,1-3H3,(H,21,22). The average molecular weight is 337 g/mol. The zero-order valence-corrected chi connectivity index (χ0v) is 14.9. The van der Waals surface area contributed by atoms with Gasteiger partial charge in [0.2, 0.25) is 0 Å². The number of nitrogens with zero attached hydrogens (tertiary/aromatic N) is 2. The van der Waals surface area contributed by atoms with Crippen molar-refractivity contribution in [1.82, 2.24) is 14.9 Å². The van der Waals surface area contributed by atoms with Crippen LogP contribution in [0.2, 0.25) is 0 Å². The van der Waals surface area contributed by atoms with Crippen LogP contribution in [0.3, 0.4) is 0 Å². The lowest BCUT2D eigenvalue weighted by atomic mass is 10.1. The van der Waals surface area contributed by atoms with Crippen molar-refractivity contribution in [2.75, 3.05) is 27.2 Å². The molecule has 0 unspecified atom stereocenters. The first-order valence-electron chi connectivity index (χ1n) is 8.41. The van der Waals surface area contributed by atoms with E-state index >= 15 is 0 Å². The summed E-state index contributed by atoms with van der Waals surface area (Å²) in [7, 11) is 4.11. The van der Waals surface area contributed by atoms with E-state index in [1.54, 1.807) is 6.92 Å². The molecule has 130 valence electrons. The second-order valence-corrected chi connectivity index (χ2v) is 6.40. The molecule has 1 N–H and O–H groups in total. The van der Waals surface area contributed by atoms with Crippen molar-refractivity contribution in [2.24, 2.45) is 0 Å². The third-order valence-electron chi connectivity index (χ3n) is 4.04. The molecule has 3 rings (SSSR count). The van der Waals surface area contributed by atoms with Crippen LogP contribution < -0.4 is 4.74 Å². The molecule has 25 heavy (non-hydrogen) atoms. The Kier molecular flexibility index (Phi) is 5.14. The van der Waals surface area contributed by atoms with Crippen molar-refractivity contribution in [3.8, 4) is 17.1 Å². The molecule has 0 saturated carbocycles. The predicted octanol–water partition coefficient (Wildman–Crippen LogP) is 3.76. The van der Waals surface area contributed by atoms with Gasteiger partial charge in [-0.15, -0.1) is 0 Å². The Morgan fingerprint density at radius 2 is 1.92 bits per heavy atom. The van der Waals surface area contributed by atoms with Crippen molar-refractivity contribution >= 4 is 16.8 Å². The number of hydrogen-bond donors (Lipinski definition) is 1. The van der Waals surface area contributed by atoms with Crippen molar-refractivity contribution in [3.05, 3.63) is 48.0 Å². The van der Waals surface area contributed by atoms with Crippen LogP contribution in [-0.2, 0) is 0 Å². The number of nitrogens with one attached hydrogen (secondary N) is 1. The number of ether oxygens (including phenoxy) is 1. The summed E-state index contributed by atoms with van der Waals surface area (Å²) in [5.41, 5.74) is 3.38. The SMILES string of the molecule is CC(=O)c1ccc2[nH]c(-c3ccc(OCCCN(C)C)cc3)nc2c1. The highest BCUT2D eigenvalue weighted by molar-refractivity contribution is 5.97. The highest BCUT2D eigenvalue weighted by Gasteiger charge is 2.08. The highest BCUT2D eigenvalue weighted by atomic mass is 16.5. The van der Waals surface area contributed by atoms with Crippen LogP contribution in [0, 0.1) is 0 Å². The molecule has 2 aromatic carbocycles. The molecule has 5 heteroatoms. The quantitative estimate of drug-likeness (QED) is 0.527. The normalized spacial score (nSPS) is 11.2. The van der Waals surface area contributed by atoms with Gasteiger partial charge in [-0.2, -0.15) is 0 Å². The van der Waals surface area contributed by atoms with E-state index in [9.17, 15) is 4.79 Å². The largest absolute Gasteiger partial charge is 0.494 e. The van der Waals surface area contributed by atoms with E-state index in [1.807, 2.05) is 42.5 Å². The zero-order valence-electron chi connectivity index (χ0n) is 14.9. The molecule has 0 atom stereocenters. The number of benzene rings is 2. The number of rotatable bonds is 7. The van der Waals surface area contributed by atoms with Crippen LogP contribution in [0.4, 0.5) is 0 Å². The number of carbonyl (C=O) groups is 1. The number of hydrogen-bond acceptors (Lipinski definition) is 4. The molecule has 1 aromatic heterocycles. The maximum atomic E-state index is 11.5. The minimum atomic E-state index is 0.0437. The summed E-state index contributed by atoms with van der Waals surface area (Å²) < 4.78 is 5.75. The van der Waals surface area contributed by atoms with Crippen molar-refractivity contribution in [1.29, 1.82) is 0 Å². The Hall–Kier alpha value is -2.66. The fourth-order valence-electron chi connectivity index (χ4n) is 2.64. The third kappa shape index (κ3) is 4.25. The maximum absolute atomic E-state index is 11.5. The van der Waals surface area contributed by atoms with Gasteiger partial charge in [0.25, 0.3) is 0 Å². The van der Waals surface area contributed by atoms with E-state index in [-0.39, 0.29) is 5.78 Å². The minimum Gasteiger partial charge on any atom is -0.494 e. The first-order valence-corrected chi connectivity index (χ1v) is 8.41. The van der Waals surface area contributed by atoms with Crippen LogP contribution in [0.25, 0.3) is 22.4 Å². The van der Waals surface area contributed by atoms with Gasteiger partial charge < -0.3 is 14.6 Å². The third-order valence-corrected chi connectivity index (χ3v) is 4.04. The van der Waals surface area contributed by atoms with Crippen molar-refractivity contribution in [2.45, 2.75) is 13.3 Å². The van der Waals surface area contributed by atoms with E-state index in [1.165, 1.54) is 0 Å². The summed E-state index contributed by atoms with van der Waals surface area (Å²) in [6, 6.07) is 13.4. The van der Waals surface area contributed by atoms with Crippen LogP contribution in [-0.4, -0.2) is 47.9 Å².